The zero-order chi connectivity index (χ0) is 11.7. The van der Waals surface area contributed by atoms with Crippen LogP contribution in [0.4, 0.5) is 0 Å². The molecule has 2 amide bonds. The highest BCUT2D eigenvalue weighted by Gasteiger charge is 2.36. The van der Waals surface area contributed by atoms with E-state index in [4.69, 9.17) is 0 Å². The van der Waals surface area contributed by atoms with Crippen molar-refractivity contribution >= 4 is 11.8 Å². The van der Waals surface area contributed by atoms with Crippen molar-refractivity contribution in [3.8, 4) is 0 Å². The summed E-state index contributed by atoms with van der Waals surface area (Å²) in [5, 5.41) is 0. The minimum absolute atomic E-state index is 0.0380. The standard InChI is InChI=1S/C11H18N2O2/c1-7(2)6-9-11(15)12(4)8(3)10(14)13(9)5/h6-8H,1-5H3/b9-6-/t8-/m0/s1. The summed E-state index contributed by atoms with van der Waals surface area (Å²) in [5.74, 6) is 0.128. The predicted octanol–water partition coefficient (Wildman–Crippen LogP) is 0.845. The lowest BCUT2D eigenvalue weighted by Crippen LogP contribution is -2.54. The molecule has 0 aliphatic carbocycles. The lowest BCUT2D eigenvalue weighted by Gasteiger charge is -2.36. The number of rotatable bonds is 1. The molecule has 1 atom stereocenters. The summed E-state index contributed by atoms with van der Waals surface area (Å²) in [4.78, 5) is 26.6. The zero-order valence-electron chi connectivity index (χ0n) is 9.94. The van der Waals surface area contributed by atoms with Gasteiger partial charge in [0.05, 0.1) is 0 Å². The van der Waals surface area contributed by atoms with E-state index in [1.807, 2.05) is 19.9 Å². The number of carbonyl (C=O) groups is 2. The van der Waals surface area contributed by atoms with Gasteiger partial charge in [0.2, 0.25) is 5.91 Å². The molecule has 0 unspecified atom stereocenters. The molecular weight excluding hydrogens is 192 g/mol. The highest BCUT2D eigenvalue weighted by Crippen LogP contribution is 2.19. The first-order valence-corrected chi connectivity index (χ1v) is 5.12. The fourth-order valence-electron chi connectivity index (χ4n) is 1.56. The Morgan fingerprint density at radius 1 is 1.27 bits per heavy atom. The van der Waals surface area contributed by atoms with Gasteiger partial charge >= 0.3 is 0 Å². The minimum Gasteiger partial charge on any atom is -0.329 e. The smallest absolute Gasteiger partial charge is 0.270 e. The van der Waals surface area contributed by atoms with Gasteiger partial charge in [-0.25, -0.2) is 0 Å². The minimum atomic E-state index is -0.369. The van der Waals surface area contributed by atoms with Crippen LogP contribution >= 0.6 is 0 Å². The molecule has 1 aliphatic heterocycles. The molecule has 1 saturated heterocycles. The molecule has 15 heavy (non-hydrogen) atoms. The van der Waals surface area contributed by atoms with Gasteiger partial charge in [-0.15, -0.1) is 0 Å². The third kappa shape index (κ3) is 2.03. The summed E-state index contributed by atoms with van der Waals surface area (Å²) < 4.78 is 0. The van der Waals surface area contributed by atoms with Crippen LogP contribution in [-0.2, 0) is 9.59 Å². The van der Waals surface area contributed by atoms with Crippen LogP contribution < -0.4 is 0 Å². The van der Waals surface area contributed by atoms with Crippen molar-refractivity contribution in [1.82, 2.24) is 9.80 Å². The molecule has 1 heterocycles. The maximum absolute atomic E-state index is 11.9. The topological polar surface area (TPSA) is 40.6 Å². The molecular formula is C11H18N2O2. The van der Waals surface area contributed by atoms with E-state index in [9.17, 15) is 9.59 Å². The monoisotopic (exact) mass is 210 g/mol. The van der Waals surface area contributed by atoms with Gasteiger partial charge in [-0.1, -0.05) is 19.9 Å². The Labute approximate surface area is 90.5 Å². The number of hydrogen-bond donors (Lipinski definition) is 0. The quantitative estimate of drug-likeness (QED) is 0.602. The van der Waals surface area contributed by atoms with Crippen molar-refractivity contribution in [3.05, 3.63) is 11.8 Å². The molecule has 0 bridgehead atoms. The van der Waals surface area contributed by atoms with E-state index >= 15 is 0 Å². The molecule has 0 aromatic heterocycles. The van der Waals surface area contributed by atoms with Crippen LogP contribution in [0, 0.1) is 5.92 Å². The van der Waals surface area contributed by atoms with E-state index in [0.717, 1.165) is 0 Å². The van der Waals surface area contributed by atoms with Crippen LogP contribution in [0.3, 0.4) is 0 Å². The first kappa shape index (κ1) is 11.8. The first-order valence-electron chi connectivity index (χ1n) is 5.12. The average Bonchev–Trinajstić information content (AvgIpc) is 2.18. The summed E-state index contributed by atoms with van der Waals surface area (Å²) in [6.07, 6.45) is 1.82. The van der Waals surface area contributed by atoms with E-state index in [1.165, 1.54) is 9.80 Å². The third-order valence-electron chi connectivity index (χ3n) is 2.66. The average molecular weight is 210 g/mol. The first-order chi connectivity index (χ1) is 6.86. The third-order valence-corrected chi connectivity index (χ3v) is 2.66. The van der Waals surface area contributed by atoms with E-state index in [1.54, 1.807) is 21.0 Å². The number of allylic oxidation sites excluding steroid dienone is 1. The SMILES string of the molecule is CC(C)/C=C1/C(=O)N(C)[C@@H](C)C(=O)N1C. The maximum Gasteiger partial charge on any atom is 0.270 e. The molecule has 1 rings (SSSR count). The van der Waals surface area contributed by atoms with Gasteiger partial charge in [0, 0.05) is 14.1 Å². The second-order valence-electron chi connectivity index (χ2n) is 4.29. The van der Waals surface area contributed by atoms with Gasteiger partial charge in [0.15, 0.2) is 0 Å². The molecule has 0 spiro atoms. The number of carbonyl (C=O) groups excluding carboxylic acids is 2. The Bertz CT molecular complexity index is 321. The van der Waals surface area contributed by atoms with Crippen LogP contribution in [-0.4, -0.2) is 41.8 Å². The Hall–Kier alpha value is -1.32. The molecule has 0 aromatic rings. The second kappa shape index (κ2) is 4.04. The Balaban J connectivity index is 3.08. The van der Waals surface area contributed by atoms with Gasteiger partial charge in [-0.2, -0.15) is 0 Å². The van der Waals surface area contributed by atoms with Crippen molar-refractivity contribution < 1.29 is 9.59 Å². The van der Waals surface area contributed by atoms with Crippen LogP contribution in [0.2, 0.25) is 0 Å². The van der Waals surface area contributed by atoms with E-state index in [2.05, 4.69) is 0 Å². The van der Waals surface area contributed by atoms with Crippen molar-refractivity contribution in [2.24, 2.45) is 5.92 Å². The molecule has 1 aliphatic rings. The molecule has 4 nitrogen and oxygen atoms in total. The maximum atomic E-state index is 11.9. The Morgan fingerprint density at radius 2 is 1.80 bits per heavy atom. The van der Waals surface area contributed by atoms with Gasteiger partial charge in [0.1, 0.15) is 11.7 Å². The van der Waals surface area contributed by atoms with Crippen molar-refractivity contribution in [2.75, 3.05) is 14.1 Å². The van der Waals surface area contributed by atoms with Crippen molar-refractivity contribution in [3.63, 3.8) is 0 Å². The van der Waals surface area contributed by atoms with Crippen LogP contribution in [0.15, 0.2) is 11.8 Å². The van der Waals surface area contributed by atoms with Gasteiger partial charge in [0.25, 0.3) is 5.91 Å². The van der Waals surface area contributed by atoms with Crippen LogP contribution in [0.25, 0.3) is 0 Å². The van der Waals surface area contributed by atoms with Gasteiger partial charge < -0.3 is 9.80 Å². The van der Waals surface area contributed by atoms with Crippen molar-refractivity contribution in [2.45, 2.75) is 26.8 Å². The Morgan fingerprint density at radius 3 is 2.27 bits per heavy atom. The molecule has 84 valence electrons. The number of amides is 2. The van der Waals surface area contributed by atoms with Gasteiger partial charge in [-0.3, -0.25) is 9.59 Å². The summed E-state index contributed by atoms with van der Waals surface area (Å²) in [6, 6.07) is -0.369. The van der Waals surface area contributed by atoms with E-state index in [-0.39, 0.29) is 23.8 Å². The fraction of sp³-hybridized carbons (Fsp3) is 0.636. The normalized spacial score (nSPS) is 25.7. The number of hydrogen-bond acceptors (Lipinski definition) is 2. The summed E-state index contributed by atoms with van der Waals surface area (Å²) >= 11 is 0. The fourth-order valence-corrected chi connectivity index (χ4v) is 1.56. The largest absolute Gasteiger partial charge is 0.329 e. The predicted molar refractivity (Wildman–Crippen MR) is 57.9 cm³/mol. The number of nitrogens with zero attached hydrogens (tertiary/aromatic N) is 2. The summed E-state index contributed by atoms with van der Waals surface area (Å²) in [7, 11) is 3.31. The molecule has 0 aromatic carbocycles. The zero-order valence-corrected chi connectivity index (χ0v) is 9.94. The Kier molecular flexibility index (Phi) is 3.17. The molecule has 0 radical (unpaired) electrons. The van der Waals surface area contributed by atoms with Crippen molar-refractivity contribution in [1.29, 1.82) is 0 Å². The summed E-state index contributed by atoms with van der Waals surface area (Å²) in [6.45, 7) is 5.70. The molecule has 0 N–H and O–H groups in total. The molecule has 0 saturated carbocycles. The van der Waals surface area contributed by atoms with Crippen LogP contribution in [0.5, 0.6) is 0 Å². The molecule has 1 fully saturated rings. The highest BCUT2D eigenvalue weighted by atomic mass is 16.2. The number of likely N-dealkylation sites (N-methyl/N-ethyl adjacent to an activating group) is 2. The molecule has 4 heteroatoms. The van der Waals surface area contributed by atoms with Crippen LogP contribution in [0.1, 0.15) is 20.8 Å². The summed E-state index contributed by atoms with van der Waals surface area (Å²) in [5.41, 5.74) is 0.482. The van der Waals surface area contributed by atoms with Gasteiger partial charge in [-0.05, 0) is 12.8 Å². The lowest BCUT2D eigenvalue weighted by atomic mass is 10.1. The number of piperazine rings is 1. The highest BCUT2D eigenvalue weighted by molar-refractivity contribution is 6.04. The lowest BCUT2D eigenvalue weighted by molar-refractivity contribution is -0.147. The van der Waals surface area contributed by atoms with E-state index < -0.39 is 0 Å². The van der Waals surface area contributed by atoms with E-state index in [0.29, 0.717) is 5.70 Å². The second-order valence-corrected chi connectivity index (χ2v) is 4.29.